The first-order valence-corrected chi connectivity index (χ1v) is 7.24. The second-order valence-corrected chi connectivity index (χ2v) is 5.22. The molecule has 23 heavy (non-hydrogen) atoms. The molecule has 0 aliphatic rings. The average molecular weight is 331 g/mol. The Bertz CT molecular complexity index is 765. The lowest BCUT2D eigenvalue weighted by Gasteiger charge is -2.08. The van der Waals surface area contributed by atoms with Crippen LogP contribution in [0.2, 0.25) is 5.02 Å². The molecule has 2 aromatic carbocycles. The van der Waals surface area contributed by atoms with Gasteiger partial charge < -0.3 is 9.84 Å². The first kappa shape index (κ1) is 16.8. The summed E-state index contributed by atoms with van der Waals surface area (Å²) in [4.78, 5) is 23.1. The molecular weight excluding hydrogens is 316 g/mol. The van der Waals surface area contributed by atoms with Gasteiger partial charge in [0.25, 0.3) is 0 Å². The van der Waals surface area contributed by atoms with Crippen molar-refractivity contribution < 1.29 is 19.4 Å². The number of carboxylic acid groups (broad SMARTS) is 1. The van der Waals surface area contributed by atoms with Crippen LogP contribution in [0.25, 0.3) is 6.08 Å². The number of hydrogen-bond donors (Lipinski definition) is 1. The van der Waals surface area contributed by atoms with E-state index in [2.05, 4.69) is 0 Å². The van der Waals surface area contributed by atoms with Gasteiger partial charge in [0.05, 0.1) is 13.5 Å². The van der Waals surface area contributed by atoms with E-state index in [0.717, 1.165) is 5.56 Å². The lowest BCUT2D eigenvalue weighted by atomic mass is 10.0. The number of aliphatic carboxylic acids is 1. The van der Waals surface area contributed by atoms with Crippen molar-refractivity contribution in [2.75, 3.05) is 7.11 Å². The van der Waals surface area contributed by atoms with Crippen LogP contribution in [0.1, 0.15) is 21.5 Å². The maximum absolute atomic E-state index is 12.2. The fourth-order valence-corrected chi connectivity index (χ4v) is 2.30. The van der Waals surface area contributed by atoms with E-state index in [0.29, 0.717) is 21.9 Å². The molecule has 0 aliphatic carbocycles. The summed E-state index contributed by atoms with van der Waals surface area (Å²) >= 11 is 6.03. The van der Waals surface area contributed by atoms with Crippen molar-refractivity contribution in [2.24, 2.45) is 0 Å². The van der Waals surface area contributed by atoms with Crippen LogP contribution in [-0.2, 0) is 11.2 Å². The second kappa shape index (κ2) is 7.61. The highest BCUT2D eigenvalue weighted by Crippen LogP contribution is 2.22. The Balaban J connectivity index is 2.25. The minimum atomic E-state index is -0.987. The van der Waals surface area contributed by atoms with E-state index in [-0.39, 0.29) is 12.2 Å². The van der Waals surface area contributed by atoms with Crippen LogP contribution in [0.4, 0.5) is 0 Å². The minimum absolute atomic E-state index is 0.210. The highest BCUT2D eigenvalue weighted by molar-refractivity contribution is 6.32. The second-order valence-electron chi connectivity index (χ2n) is 4.82. The molecule has 0 atom stereocenters. The molecule has 118 valence electrons. The molecule has 0 fully saturated rings. The zero-order chi connectivity index (χ0) is 16.8. The van der Waals surface area contributed by atoms with Crippen molar-refractivity contribution in [3.05, 3.63) is 70.3 Å². The number of hydrogen-bond acceptors (Lipinski definition) is 3. The summed E-state index contributed by atoms with van der Waals surface area (Å²) < 4.78 is 5.12. The zero-order valence-electron chi connectivity index (χ0n) is 12.5. The number of carboxylic acids is 1. The molecule has 2 rings (SSSR count). The monoisotopic (exact) mass is 330 g/mol. The Labute approximate surface area is 139 Å². The fraction of sp³-hybridized carbons (Fsp3) is 0.111. The number of allylic oxidation sites excluding steroid dienone is 1. The van der Waals surface area contributed by atoms with E-state index in [1.54, 1.807) is 30.3 Å². The van der Waals surface area contributed by atoms with Crippen LogP contribution < -0.4 is 4.74 Å². The van der Waals surface area contributed by atoms with Crippen molar-refractivity contribution >= 4 is 29.4 Å². The smallest absolute Gasteiger partial charge is 0.307 e. The minimum Gasteiger partial charge on any atom is -0.496 e. The van der Waals surface area contributed by atoms with Crippen molar-refractivity contribution in [3.8, 4) is 5.75 Å². The molecule has 0 unspecified atom stereocenters. The Morgan fingerprint density at radius 3 is 2.61 bits per heavy atom. The van der Waals surface area contributed by atoms with Crippen molar-refractivity contribution in [1.82, 2.24) is 0 Å². The van der Waals surface area contributed by atoms with Crippen LogP contribution in [0, 0.1) is 0 Å². The van der Waals surface area contributed by atoms with E-state index >= 15 is 0 Å². The van der Waals surface area contributed by atoms with Gasteiger partial charge in [-0.1, -0.05) is 29.8 Å². The van der Waals surface area contributed by atoms with Crippen molar-refractivity contribution in [2.45, 2.75) is 6.42 Å². The number of methoxy groups -OCH3 is 1. The van der Waals surface area contributed by atoms with E-state index in [1.165, 1.54) is 19.3 Å². The molecule has 0 aliphatic heterocycles. The van der Waals surface area contributed by atoms with E-state index < -0.39 is 5.97 Å². The Morgan fingerprint density at radius 2 is 1.96 bits per heavy atom. The molecule has 0 bridgehead atoms. The number of rotatable bonds is 6. The number of benzene rings is 2. The predicted molar refractivity (Wildman–Crippen MR) is 89.2 cm³/mol. The number of halogens is 1. The molecule has 0 radical (unpaired) electrons. The largest absolute Gasteiger partial charge is 0.496 e. The third-order valence-electron chi connectivity index (χ3n) is 3.23. The summed E-state index contributed by atoms with van der Waals surface area (Å²) in [7, 11) is 1.46. The summed E-state index contributed by atoms with van der Waals surface area (Å²) in [5.41, 5.74) is 1.59. The predicted octanol–water partition coefficient (Wildman–Crippen LogP) is 3.87. The summed E-state index contributed by atoms with van der Waals surface area (Å²) in [6.07, 6.45) is 2.83. The van der Waals surface area contributed by atoms with E-state index in [4.69, 9.17) is 21.4 Å². The van der Waals surface area contributed by atoms with Gasteiger partial charge in [-0.15, -0.1) is 0 Å². The third kappa shape index (κ3) is 4.44. The standard InChI is InChI=1S/C18H15ClO4/c1-23-17-9-7-13(10-14(17)11-18(21)22)16(20)8-6-12-4-2-3-5-15(12)19/h2-10H,11H2,1H3,(H,21,22)/b8-6+. The molecule has 0 saturated heterocycles. The molecule has 0 spiro atoms. The number of ether oxygens (including phenoxy) is 1. The van der Waals surface area contributed by atoms with Gasteiger partial charge in [-0.2, -0.15) is 0 Å². The Morgan fingerprint density at radius 1 is 1.22 bits per heavy atom. The van der Waals surface area contributed by atoms with Crippen LogP contribution in [0.5, 0.6) is 5.75 Å². The molecule has 0 aromatic heterocycles. The molecule has 0 saturated carbocycles. The highest BCUT2D eigenvalue weighted by atomic mass is 35.5. The van der Waals surface area contributed by atoms with Gasteiger partial charge in [-0.05, 0) is 42.0 Å². The molecule has 0 amide bonds. The first-order chi connectivity index (χ1) is 11.0. The average Bonchev–Trinajstić information content (AvgIpc) is 2.53. The summed E-state index contributed by atoms with van der Waals surface area (Å²) in [5, 5.41) is 9.48. The lowest BCUT2D eigenvalue weighted by molar-refractivity contribution is -0.136. The molecule has 1 N–H and O–H groups in total. The number of ketones is 1. The summed E-state index contributed by atoms with van der Waals surface area (Å²) in [6, 6.07) is 11.9. The van der Waals surface area contributed by atoms with E-state index in [1.807, 2.05) is 12.1 Å². The van der Waals surface area contributed by atoms with Crippen molar-refractivity contribution in [3.63, 3.8) is 0 Å². The molecule has 0 heterocycles. The number of carbonyl (C=O) groups is 2. The van der Waals surface area contributed by atoms with Crippen molar-refractivity contribution in [1.29, 1.82) is 0 Å². The van der Waals surface area contributed by atoms with Crippen LogP contribution in [0.3, 0.4) is 0 Å². The zero-order valence-corrected chi connectivity index (χ0v) is 13.2. The van der Waals surface area contributed by atoms with Gasteiger partial charge in [0, 0.05) is 16.1 Å². The molecule has 5 heteroatoms. The maximum atomic E-state index is 12.2. The third-order valence-corrected chi connectivity index (χ3v) is 3.57. The highest BCUT2D eigenvalue weighted by Gasteiger charge is 2.11. The van der Waals surface area contributed by atoms with Gasteiger partial charge in [0.1, 0.15) is 5.75 Å². The van der Waals surface area contributed by atoms with Gasteiger partial charge in [-0.3, -0.25) is 9.59 Å². The quantitative estimate of drug-likeness (QED) is 0.645. The molecule has 2 aromatic rings. The Hall–Kier alpha value is -2.59. The lowest BCUT2D eigenvalue weighted by Crippen LogP contribution is -2.04. The number of carbonyl (C=O) groups excluding carboxylic acids is 1. The SMILES string of the molecule is COc1ccc(C(=O)/C=C/c2ccccc2Cl)cc1CC(=O)O. The van der Waals surface area contributed by atoms with Gasteiger partial charge in [0.2, 0.25) is 0 Å². The fourth-order valence-electron chi connectivity index (χ4n) is 2.10. The molecule has 4 nitrogen and oxygen atoms in total. The maximum Gasteiger partial charge on any atom is 0.307 e. The van der Waals surface area contributed by atoms with Gasteiger partial charge >= 0.3 is 5.97 Å². The molecular formula is C18H15ClO4. The Kier molecular flexibility index (Phi) is 5.55. The topological polar surface area (TPSA) is 63.6 Å². The normalized spacial score (nSPS) is 10.7. The van der Waals surface area contributed by atoms with Crippen LogP contribution in [-0.4, -0.2) is 24.0 Å². The van der Waals surface area contributed by atoms with Gasteiger partial charge in [0.15, 0.2) is 5.78 Å². The van der Waals surface area contributed by atoms with Gasteiger partial charge in [-0.25, -0.2) is 0 Å². The van der Waals surface area contributed by atoms with Crippen LogP contribution >= 0.6 is 11.6 Å². The first-order valence-electron chi connectivity index (χ1n) is 6.87. The van der Waals surface area contributed by atoms with E-state index in [9.17, 15) is 9.59 Å². The summed E-state index contributed by atoms with van der Waals surface area (Å²) in [6.45, 7) is 0. The van der Waals surface area contributed by atoms with Crippen LogP contribution in [0.15, 0.2) is 48.5 Å². The summed E-state index contributed by atoms with van der Waals surface area (Å²) in [5.74, 6) is -0.780.